The van der Waals surface area contributed by atoms with Crippen LogP contribution in [0.2, 0.25) is 0 Å². The number of carbonyl (C=O) groups excluding carboxylic acids is 1. The van der Waals surface area contributed by atoms with E-state index in [2.05, 4.69) is 15.3 Å². The summed E-state index contributed by atoms with van der Waals surface area (Å²) >= 11 is 0. The Bertz CT molecular complexity index is 298. The van der Waals surface area contributed by atoms with Crippen LogP contribution in [0.4, 0.5) is 5.69 Å². The van der Waals surface area contributed by atoms with E-state index in [0.717, 1.165) is 0 Å². The van der Waals surface area contributed by atoms with E-state index in [1.165, 1.54) is 18.7 Å². The number of carboxylic acid groups (broad SMARTS) is 1. The van der Waals surface area contributed by atoms with Crippen LogP contribution in [0.15, 0.2) is 18.7 Å². The van der Waals surface area contributed by atoms with Crippen molar-refractivity contribution in [2.24, 2.45) is 0 Å². The summed E-state index contributed by atoms with van der Waals surface area (Å²) in [7, 11) is 0. The maximum Gasteiger partial charge on any atom is 0.394 e. The number of hydrogen-bond acceptors (Lipinski definition) is 4. The lowest BCUT2D eigenvalue weighted by Crippen LogP contribution is -2.21. The lowest BCUT2D eigenvalue weighted by molar-refractivity contribution is -0.147. The second-order valence-corrected chi connectivity index (χ2v) is 1.89. The number of anilines is 1. The summed E-state index contributed by atoms with van der Waals surface area (Å²) in [6, 6.07) is 0. The Hall–Kier alpha value is -1.98. The molecule has 2 N–H and O–H groups in total. The molecule has 0 unspecified atom stereocenters. The minimum absolute atomic E-state index is 0.255. The van der Waals surface area contributed by atoms with Crippen molar-refractivity contribution in [2.75, 3.05) is 5.32 Å². The first-order chi connectivity index (χ1) is 5.70. The smallest absolute Gasteiger partial charge is 0.394 e. The predicted molar refractivity (Wildman–Crippen MR) is 38.3 cm³/mol. The molecule has 0 bridgehead atoms. The monoisotopic (exact) mass is 167 g/mol. The summed E-state index contributed by atoms with van der Waals surface area (Å²) in [6.45, 7) is 0. The third kappa shape index (κ3) is 2.01. The number of rotatable bonds is 1. The maximum atomic E-state index is 10.5. The van der Waals surface area contributed by atoms with Gasteiger partial charge in [-0.3, -0.25) is 4.79 Å². The van der Waals surface area contributed by atoms with Gasteiger partial charge in [-0.25, -0.2) is 14.8 Å². The fraction of sp³-hybridized carbons (Fsp3) is 0. The summed E-state index contributed by atoms with van der Waals surface area (Å²) in [5, 5.41) is 10.3. The van der Waals surface area contributed by atoms with Gasteiger partial charge in [-0.2, -0.15) is 0 Å². The van der Waals surface area contributed by atoms with Gasteiger partial charge >= 0.3 is 11.9 Å². The molecule has 0 aliphatic rings. The van der Waals surface area contributed by atoms with Gasteiger partial charge in [0.15, 0.2) is 0 Å². The molecule has 1 aromatic heterocycles. The zero-order valence-corrected chi connectivity index (χ0v) is 5.89. The molecule has 1 amide bonds. The van der Waals surface area contributed by atoms with Crippen molar-refractivity contribution in [1.82, 2.24) is 9.97 Å². The molecule has 0 spiro atoms. The highest BCUT2D eigenvalue weighted by atomic mass is 16.4. The average Bonchev–Trinajstić information content (AvgIpc) is 2.06. The molecule has 62 valence electrons. The van der Waals surface area contributed by atoms with Crippen molar-refractivity contribution >= 4 is 17.6 Å². The quantitative estimate of drug-likeness (QED) is 0.550. The molecule has 0 aromatic carbocycles. The summed E-state index contributed by atoms with van der Waals surface area (Å²) in [6.07, 6.45) is 3.87. The first-order valence-electron chi connectivity index (χ1n) is 2.99. The second kappa shape index (κ2) is 3.42. The van der Waals surface area contributed by atoms with Gasteiger partial charge in [-0.15, -0.1) is 0 Å². The molecule has 0 saturated heterocycles. The van der Waals surface area contributed by atoms with Gasteiger partial charge in [0.1, 0.15) is 6.33 Å². The van der Waals surface area contributed by atoms with E-state index >= 15 is 0 Å². The Morgan fingerprint density at radius 3 is 2.42 bits per heavy atom. The maximum absolute atomic E-state index is 10.5. The van der Waals surface area contributed by atoms with Crippen LogP contribution in [0.25, 0.3) is 0 Å². The Balaban J connectivity index is 2.65. The van der Waals surface area contributed by atoms with E-state index in [1.54, 1.807) is 0 Å². The van der Waals surface area contributed by atoms with E-state index in [-0.39, 0.29) is 5.69 Å². The van der Waals surface area contributed by atoms with Gasteiger partial charge < -0.3 is 10.4 Å². The molecule has 0 atom stereocenters. The van der Waals surface area contributed by atoms with Crippen molar-refractivity contribution in [3.63, 3.8) is 0 Å². The SMILES string of the molecule is O=C(O)C(=O)Nc1cncnc1. The van der Waals surface area contributed by atoms with Crippen LogP contribution >= 0.6 is 0 Å². The van der Waals surface area contributed by atoms with Gasteiger partial charge in [0, 0.05) is 0 Å². The van der Waals surface area contributed by atoms with Gasteiger partial charge in [-0.1, -0.05) is 0 Å². The molecular weight excluding hydrogens is 162 g/mol. The number of amides is 1. The van der Waals surface area contributed by atoms with Crippen LogP contribution in [0.1, 0.15) is 0 Å². The van der Waals surface area contributed by atoms with E-state index in [0.29, 0.717) is 0 Å². The van der Waals surface area contributed by atoms with Gasteiger partial charge in [0.2, 0.25) is 0 Å². The standard InChI is InChI=1S/C6H5N3O3/c10-5(6(11)12)9-4-1-7-3-8-2-4/h1-3H,(H,9,10)(H,11,12). The molecule has 0 saturated carbocycles. The highest BCUT2D eigenvalue weighted by Crippen LogP contribution is 1.98. The van der Waals surface area contributed by atoms with Gasteiger partial charge in [0.05, 0.1) is 18.1 Å². The lowest BCUT2D eigenvalue weighted by Gasteiger charge is -1.97. The predicted octanol–water partition coefficient (Wildman–Crippen LogP) is -0.500. The number of nitrogens with zero attached hydrogens (tertiary/aromatic N) is 2. The fourth-order valence-corrected chi connectivity index (χ4v) is 0.548. The highest BCUT2D eigenvalue weighted by Gasteiger charge is 2.10. The van der Waals surface area contributed by atoms with Crippen LogP contribution in [0.3, 0.4) is 0 Å². The molecule has 1 aromatic rings. The zero-order chi connectivity index (χ0) is 8.97. The summed E-state index contributed by atoms with van der Waals surface area (Å²) in [5.41, 5.74) is 0.255. The summed E-state index contributed by atoms with van der Waals surface area (Å²) in [4.78, 5) is 27.8. The Kier molecular flexibility index (Phi) is 2.32. The zero-order valence-electron chi connectivity index (χ0n) is 5.89. The largest absolute Gasteiger partial charge is 0.474 e. The van der Waals surface area contributed by atoms with Crippen LogP contribution in [0.5, 0.6) is 0 Å². The van der Waals surface area contributed by atoms with Gasteiger partial charge in [0.25, 0.3) is 0 Å². The molecule has 6 heteroatoms. The molecular formula is C6H5N3O3. The Labute approximate surface area is 67.3 Å². The van der Waals surface area contributed by atoms with E-state index < -0.39 is 11.9 Å². The van der Waals surface area contributed by atoms with Crippen molar-refractivity contribution in [3.8, 4) is 0 Å². The molecule has 0 radical (unpaired) electrons. The van der Waals surface area contributed by atoms with Crippen molar-refractivity contribution < 1.29 is 14.7 Å². The molecule has 0 aliphatic carbocycles. The van der Waals surface area contributed by atoms with E-state index in [1.807, 2.05) is 0 Å². The number of aromatic nitrogens is 2. The normalized spacial score (nSPS) is 9.00. The third-order valence-corrected chi connectivity index (χ3v) is 1.01. The minimum Gasteiger partial charge on any atom is -0.474 e. The Morgan fingerprint density at radius 1 is 1.33 bits per heavy atom. The van der Waals surface area contributed by atoms with Crippen molar-refractivity contribution in [3.05, 3.63) is 18.7 Å². The van der Waals surface area contributed by atoms with E-state index in [4.69, 9.17) is 5.11 Å². The topological polar surface area (TPSA) is 92.2 Å². The molecule has 1 heterocycles. The highest BCUT2D eigenvalue weighted by molar-refractivity contribution is 6.36. The lowest BCUT2D eigenvalue weighted by atomic mass is 10.5. The minimum atomic E-state index is -1.54. The van der Waals surface area contributed by atoms with E-state index in [9.17, 15) is 9.59 Å². The number of nitrogens with one attached hydrogen (secondary N) is 1. The van der Waals surface area contributed by atoms with Crippen molar-refractivity contribution in [1.29, 1.82) is 0 Å². The van der Waals surface area contributed by atoms with Crippen LogP contribution in [0, 0.1) is 0 Å². The van der Waals surface area contributed by atoms with Gasteiger partial charge in [-0.05, 0) is 0 Å². The van der Waals surface area contributed by atoms with Crippen LogP contribution < -0.4 is 5.32 Å². The summed E-state index contributed by atoms with van der Waals surface area (Å²) in [5.74, 6) is -2.65. The number of carboxylic acids is 1. The molecule has 1 rings (SSSR count). The van der Waals surface area contributed by atoms with Crippen LogP contribution in [-0.4, -0.2) is 27.0 Å². The second-order valence-electron chi connectivity index (χ2n) is 1.89. The number of carbonyl (C=O) groups is 2. The summed E-state index contributed by atoms with van der Waals surface area (Å²) < 4.78 is 0. The molecule has 0 aliphatic heterocycles. The number of aliphatic carboxylic acids is 1. The van der Waals surface area contributed by atoms with Crippen LogP contribution in [-0.2, 0) is 9.59 Å². The third-order valence-electron chi connectivity index (χ3n) is 1.01. The first-order valence-corrected chi connectivity index (χ1v) is 2.99. The molecule has 6 nitrogen and oxygen atoms in total. The first kappa shape index (κ1) is 8.12. The fourth-order valence-electron chi connectivity index (χ4n) is 0.548. The Morgan fingerprint density at radius 2 is 1.92 bits per heavy atom. The molecule has 12 heavy (non-hydrogen) atoms. The number of hydrogen-bond donors (Lipinski definition) is 2. The van der Waals surface area contributed by atoms with Crippen molar-refractivity contribution in [2.45, 2.75) is 0 Å². The average molecular weight is 167 g/mol. The molecule has 0 fully saturated rings.